The zero-order valence-electron chi connectivity index (χ0n) is 17.0. The van der Waals surface area contributed by atoms with Gasteiger partial charge in [0.25, 0.3) is 0 Å². The standard InChI is InChI=1S/C21H37NO4.H2/c1-14(2)21(24)16-12-17(13-16)22-20(23)6-5-11-25-18-7-9-19(10-8-18)26-15(3)4;/h14-19H,5-13H2,1-4H3,(H,22,23);1H. The number of hydrogen-bond donors (Lipinski definition) is 1. The molecule has 0 heterocycles. The highest BCUT2D eigenvalue weighted by molar-refractivity contribution is 5.84. The van der Waals surface area contributed by atoms with Crippen LogP contribution in [0, 0.1) is 11.8 Å². The molecule has 0 radical (unpaired) electrons. The lowest BCUT2D eigenvalue weighted by Gasteiger charge is -2.35. The molecule has 0 aromatic heterocycles. The van der Waals surface area contributed by atoms with Crippen molar-refractivity contribution < 1.29 is 20.5 Å². The van der Waals surface area contributed by atoms with Crippen LogP contribution in [0.1, 0.15) is 80.5 Å². The quantitative estimate of drug-likeness (QED) is 0.594. The van der Waals surface area contributed by atoms with E-state index in [1.165, 1.54) is 0 Å². The molecule has 152 valence electrons. The first-order valence-electron chi connectivity index (χ1n) is 10.4. The molecule has 0 spiro atoms. The molecule has 2 aliphatic rings. The monoisotopic (exact) mass is 369 g/mol. The maximum Gasteiger partial charge on any atom is 0.220 e. The highest BCUT2D eigenvalue weighted by Gasteiger charge is 2.35. The van der Waals surface area contributed by atoms with E-state index in [1.54, 1.807) is 0 Å². The van der Waals surface area contributed by atoms with Crippen LogP contribution in [0.2, 0.25) is 0 Å². The third-order valence-electron chi connectivity index (χ3n) is 5.46. The SMILES string of the molecule is CC(C)OC1CCC(OCCCC(=O)NC2CC(C(=O)C(C)C)C2)CC1.[HH]. The van der Waals surface area contributed by atoms with Crippen molar-refractivity contribution in [3.8, 4) is 0 Å². The molecule has 2 aliphatic carbocycles. The second kappa shape index (κ2) is 10.4. The van der Waals surface area contributed by atoms with E-state index >= 15 is 0 Å². The number of carbonyl (C=O) groups is 2. The number of ether oxygens (including phenoxy) is 2. The average Bonchev–Trinajstić information content (AvgIpc) is 2.55. The topological polar surface area (TPSA) is 64.6 Å². The van der Waals surface area contributed by atoms with Crippen LogP contribution in [0.5, 0.6) is 0 Å². The summed E-state index contributed by atoms with van der Waals surface area (Å²) in [6.45, 7) is 8.70. The predicted octanol–water partition coefficient (Wildman–Crippen LogP) is 3.89. The number of ketones is 1. The van der Waals surface area contributed by atoms with E-state index in [0.29, 0.717) is 37.1 Å². The normalized spacial score (nSPS) is 28.8. The van der Waals surface area contributed by atoms with E-state index in [4.69, 9.17) is 9.47 Å². The van der Waals surface area contributed by atoms with Crippen molar-refractivity contribution in [3.05, 3.63) is 0 Å². The molecule has 2 fully saturated rings. The van der Waals surface area contributed by atoms with Crippen molar-refractivity contribution >= 4 is 11.7 Å². The summed E-state index contributed by atoms with van der Waals surface area (Å²) in [7, 11) is 0. The van der Waals surface area contributed by atoms with Gasteiger partial charge in [0.1, 0.15) is 5.78 Å². The lowest BCUT2D eigenvalue weighted by Crippen LogP contribution is -2.47. The molecule has 1 N–H and O–H groups in total. The number of rotatable bonds is 10. The van der Waals surface area contributed by atoms with E-state index in [-0.39, 0.29) is 25.2 Å². The van der Waals surface area contributed by atoms with Gasteiger partial charge in [-0.3, -0.25) is 9.59 Å². The largest absolute Gasteiger partial charge is 0.378 e. The van der Waals surface area contributed by atoms with E-state index in [1.807, 2.05) is 13.8 Å². The molecule has 2 rings (SSSR count). The van der Waals surface area contributed by atoms with Gasteiger partial charge in [0.15, 0.2) is 0 Å². The Hall–Kier alpha value is -0.940. The first kappa shape index (κ1) is 21.4. The molecular weight excluding hydrogens is 330 g/mol. The fourth-order valence-corrected chi connectivity index (χ4v) is 3.94. The highest BCUT2D eigenvalue weighted by atomic mass is 16.5. The summed E-state index contributed by atoms with van der Waals surface area (Å²) in [5, 5.41) is 3.04. The Kier molecular flexibility index (Phi) is 8.55. The van der Waals surface area contributed by atoms with Gasteiger partial charge in [0.2, 0.25) is 5.91 Å². The van der Waals surface area contributed by atoms with Crippen LogP contribution in [0.25, 0.3) is 0 Å². The number of carbonyl (C=O) groups excluding carboxylic acids is 2. The Bertz CT molecular complexity index is 455. The van der Waals surface area contributed by atoms with Crippen LogP contribution in [-0.4, -0.2) is 42.7 Å². The van der Waals surface area contributed by atoms with Crippen molar-refractivity contribution in [2.24, 2.45) is 11.8 Å². The van der Waals surface area contributed by atoms with Crippen LogP contribution >= 0.6 is 0 Å². The fraction of sp³-hybridized carbons (Fsp3) is 0.905. The van der Waals surface area contributed by atoms with Gasteiger partial charge in [0, 0.05) is 32.3 Å². The number of nitrogens with one attached hydrogen (secondary N) is 1. The molecular formula is C21H39NO4. The summed E-state index contributed by atoms with van der Waals surface area (Å²) >= 11 is 0. The van der Waals surface area contributed by atoms with Gasteiger partial charge in [0.05, 0.1) is 18.3 Å². The van der Waals surface area contributed by atoms with Gasteiger partial charge in [-0.2, -0.15) is 0 Å². The summed E-state index contributed by atoms with van der Waals surface area (Å²) in [5.74, 6) is 0.666. The molecule has 0 atom stereocenters. The first-order chi connectivity index (χ1) is 12.3. The van der Waals surface area contributed by atoms with E-state index in [0.717, 1.165) is 44.9 Å². The highest BCUT2D eigenvalue weighted by Crippen LogP contribution is 2.30. The molecule has 0 aliphatic heterocycles. The van der Waals surface area contributed by atoms with Crippen molar-refractivity contribution in [1.82, 2.24) is 5.32 Å². The zero-order valence-corrected chi connectivity index (χ0v) is 17.0. The minimum atomic E-state index is 0. The van der Waals surface area contributed by atoms with Crippen LogP contribution in [0.3, 0.4) is 0 Å². The first-order valence-corrected chi connectivity index (χ1v) is 10.4. The average molecular weight is 370 g/mol. The van der Waals surface area contributed by atoms with Gasteiger partial charge in [-0.25, -0.2) is 0 Å². The lowest BCUT2D eigenvalue weighted by atomic mass is 9.75. The van der Waals surface area contributed by atoms with E-state index in [2.05, 4.69) is 19.2 Å². The molecule has 0 aromatic carbocycles. The van der Waals surface area contributed by atoms with Gasteiger partial charge in [-0.1, -0.05) is 13.8 Å². The Morgan fingerprint density at radius 1 is 1.04 bits per heavy atom. The third-order valence-corrected chi connectivity index (χ3v) is 5.46. The lowest BCUT2D eigenvalue weighted by molar-refractivity contribution is -0.131. The predicted molar refractivity (Wildman–Crippen MR) is 104 cm³/mol. The second-order valence-electron chi connectivity index (χ2n) is 8.55. The van der Waals surface area contributed by atoms with Crippen LogP contribution in [0.4, 0.5) is 0 Å². The van der Waals surface area contributed by atoms with Crippen LogP contribution in [-0.2, 0) is 19.1 Å². The Labute approximate surface area is 160 Å². The van der Waals surface area contributed by atoms with Gasteiger partial charge < -0.3 is 14.8 Å². The molecule has 0 saturated heterocycles. The smallest absolute Gasteiger partial charge is 0.220 e. The van der Waals surface area contributed by atoms with Crippen LogP contribution in [0.15, 0.2) is 0 Å². The summed E-state index contributed by atoms with van der Waals surface area (Å²) < 4.78 is 11.8. The fourth-order valence-electron chi connectivity index (χ4n) is 3.94. The summed E-state index contributed by atoms with van der Waals surface area (Å²) in [6.07, 6.45) is 8.12. The zero-order chi connectivity index (χ0) is 19.1. The van der Waals surface area contributed by atoms with E-state index < -0.39 is 0 Å². The van der Waals surface area contributed by atoms with Crippen LogP contribution < -0.4 is 5.32 Å². The number of amides is 1. The Morgan fingerprint density at radius 2 is 1.65 bits per heavy atom. The van der Waals surface area contributed by atoms with Crippen molar-refractivity contribution in [1.29, 1.82) is 0 Å². The molecule has 5 nitrogen and oxygen atoms in total. The molecule has 0 aromatic rings. The molecule has 26 heavy (non-hydrogen) atoms. The molecule has 1 amide bonds. The Morgan fingerprint density at radius 3 is 2.23 bits per heavy atom. The van der Waals surface area contributed by atoms with Crippen molar-refractivity contribution in [2.45, 2.75) is 103 Å². The maximum atomic E-state index is 12.0. The second-order valence-corrected chi connectivity index (χ2v) is 8.55. The number of hydrogen-bond acceptors (Lipinski definition) is 4. The van der Waals surface area contributed by atoms with Crippen molar-refractivity contribution in [2.75, 3.05) is 6.61 Å². The molecule has 0 unspecified atom stereocenters. The minimum absolute atomic E-state index is 0. The molecule has 5 heteroatoms. The van der Waals surface area contributed by atoms with Gasteiger partial charge in [-0.15, -0.1) is 0 Å². The summed E-state index contributed by atoms with van der Waals surface area (Å²) in [4.78, 5) is 23.8. The summed E-state index contributed by atoms with van der Waals surface area (Å²) in [6, 6.07) is 0.187. The minimum Gasteiger partial charge on any atom is -0.378 e. The Balaban J connectivity index is 0.00000364. The van der Waals surface area contributed by atoms with Gasteiger partial charge >= 0.3 is 0 Å². The third kappa shape index (κ3) is 6.99. The van der Waals surface area contributed by atoms with E-state index in [9.17, 15) is 9.59 Å². The number of Topliss-reactive ketones (excluding diaryl/α,β-unsaturated/α-hetero) is 1. The molecule has 2 saturated carbocycles. The molecule has 0 bridgehead atoms. The maximum absolute atomic E-state index is 12.0. The van der Waals surface area contributed by atoms with Crippen molar-refractivity contribution in [3.63, 3.8) is 0 Å². The van der Waals surface area contributed by atoms with Gasteiger partial charge in [-0.05, 0) is 58.8 Å². The summed E-state index contributed by atoms with van der Waals surface area (Å²) in [5.41, 5.74) is 0.